The number of hydrogen-bond acceptors (Lipinski definition) is 4. The van der Waals surface area contributed by atoms with Gasteiger partial charge in [-0.3, -0.25) is 9.51 Å². The van der Waals surface area contributed by atoms with Gasteiger partial charge in [-0.05, 0) is 23.8 Å². The molecule has 0 bridgehead atoms. The molecule has 120 valence electrons. The van der Waals surface area contributed by atoms with Crippen molar-refractivity contribution in [1.82, 2.24) is 15.1 Å². The molecule has 8 heteroatoms. The topological polar surface area (TPSA) is 101 Å². The fourth-order valence-electron chi connectivity index (χ4n) is 2.67. The Bertz CT molecular complexity index is 1110. The zero-order valence-electron chi connectivity index (χ0n) is 12.1. The number of nitrogens with one attached hydrogen (secondary N) is 2. The standard InChI is InChI=1S/C16H10F2N4O2/c17-10-5-11-13(9(6-20-11)15-21-16(23)24-22-15)14(18)12(10)7-1-3-8(19)4-2-7/h1-6,20H,19H2,(H,21,22,23). The molecule has 0 saturated carbocycles. The van der Waals surface area contributed by atoms with Crippen molar-refractivity contribution in [3.63, 3.8) is 0 Å². The third-order valence-corrected chi connectivity index (χ3v) is 3.75. The smallest absolute Gasteiger partial charge is 0.399 e. The predicted molar refractivity (Wildman–Crippen MR) is 84.2 cm³/mol. The predicted octanol–water partition coefficient (Wildman–Crippen LogP) is 3.04. The summed E-state index contributed by atoms with van der Waals surface area (Å²) in [5.41, 5.74) is 6.77. The molecule has 0 saturated heterocycles. The van der Waals surface area contributed by atoms with Crippen LogP contribution in [0.1, 0.15) is 0 Å². The van der Waals surface area contributed by atoms with Crippen LogP contribution in [0, 0.1) is 11.6 Å². The lowest BCUT2D eigenvalue weighted by Crippen LogP contribution is -1.96. The van der Waals surface area contributed by atoms with Gasteiger partial charge in [0.25, 0.3) is 0 Å². The first-order chi connectivity index (χ1) is 11.5. The van der Waals surface area contributed by atoms with E-state index in [2.05, 4.69) is 19.6 Å². The molecule has 0 aliphatic carbocycles. The summed E-state index contributed by atoms with van der Waals surface area (Å²) in [7, 11) is 0. The Labute approximate surface area is 132 Å². The van der Waals surface area contributed by atoms with Crippen molar-refractivity contribution < 1.29 is 13.3 Å². The van der Waals surface area contributed by atoms with Crippen LogP contribution in [0.3, 0.4) is 0 Å². The van der Waals surface area contributed by atoms with Crippen LogP contribution >= 0.6 is 0 Å². The van der Waals surface area contributed by atoms with E-state index in [0.29, 0.717) is 11.3 Å². The molecule has 2 aromatic carbocycles. The number of H-pyrrole nitrogens is 2. The number of fused-ring (bicyclic) bond motifs is 1. The van der Waals surface area contributed by atoms with Gasteiger partial charge in [0.2, 0.25) is 0 Å². The zero-order chi connectivity index (χ0) is 16.8. The molecule has 6 nitrogen and oxygen atoms in total. The molecule has 24 heavy (non-hydrogen) atoms. The van der Waals surface area contributed by atoms with Gasteiger partial charge < -0.3 is 10.7 Å². The van der Waals surface area contributed by atoms with Crippen LogP contribution in [0.15, 0.2) is 45.8 Å². The number of nitrogens with zero attached hydrogens (tertiary/aromatic N) is 1. The summed E-state index contributed by atoms with van der Waals surface area (Å²) in [5.74, 6) is -2.19. The molecule has 0 spiro atoms. The van der Waals surface area contributed by atoms with E-state index in [9.17, 15) is 9.18 Å². The van der Waals surface area contributed by atoms with Crippen LogP contribution in [-0.4, -0.2) is 15.1 Å². The van der Waals surface area contributed by atoms with Crippen molar-refractivity contribution in [3.8, 4) is 22.5 Å². The minimum absolute atomic E-state index is 0.0556. The highest BCUT2D eigenvalue weighted by molar-refractivity contribution is 5.97. The van der Waals surface area contributed by atoms with Crippen LogP contribution in [0.2, 0.25) is 0 Å². The molecule has 0 radical (unpaired) electrons. The molecule has 0 fully saturated rings. The molecule has 0 atom stereocenters. The van der Waals surface area contributed by atoms with Gasteiger partial charge in [0.1, 0.15) is 11.6 Å². The van der Waals surface area contributed by atoms with Gasteiger partial charge in [-0.1, -0.05) is 17.3 Å². The number of aromatic nitrogens is 3. The summed E-state index contributed by atoms with van der Waals surface area (Å²) in [6.45, 7) is 0. The molecule has 0 aliphatic rings. The molecule has 4 rings (SSSR count). The Balaban J connectivity index is 2.02. The van der Waals surface area contributed by atoms with Crippen LogP contribution in [0.4, 0.5) is 14.5 Å². The van der Waals surface area contributed by atoms with Crippen LogP contribution < -0.4 is 11.5 Å². The van der Waals surface area contributed by atoms with E-state index < -0.39 is 17.4 Å². The van der Waals surface area contributed by atoms with Crippen molar-refractivity contribution in [2.45, 2.75) is 0 Å². The van der Waals surface area contributed by atoms with Crippen molar-refractivity contribution in [2.24, 2.45) is 0 Å². The lowest BCUT2D eigenvalue weighted by atomic mass is 10.0. The van der Waals surface area contributed by atoms with Gasteiger partial charge in [-0.25, -0.2) is 13.6 Å². The lowest BCUT2D eigenvalue weighted by molar-refractivity contribution is 0.388. The van der Waals surface area contributed by atoms with E-state index in [0.717, 1.165) is 0 Å². The largest absolute Gasteiger partial charge is 0.439 e. The summed E-state index contributed by atoms with van der Waals surface area (Å²) >= 11 is 0. The summed E-state index contributed by atoms with van der Waals surface area (Å²) in [4.78, 5) is 16.2. The molecular formula is C16H10F2N4O2. The Morgan fingerprint density at radius 3 is 2.58 bits per heavy atom. The molecule has 2 aromatic heterocycles. The molecule has 0 aliphatic heterocycles. The quantitative estimate of drug-likeness (QED) is 0.492. The molecular weight excluding hydrogens is 318 g/mol. The number of anilines is 1. The zero-order valence-corrected chi connectivity index (χ0v) is 12.1. The normalized spacial score (nSPS) is 11.2. The average molecular weight is 328 g/mol. The average Bonchev–Trinajstić information content (AvgIpc) is 3.15. The number of hydrogen-bond donors (Lipinski definition) is 3. The van der Waals surface area contributed by atoms with Gasteiger partial charge in [0.05, 0.1) is 11.1 Å². The minimum atomic E-state index is -0.769. The summed E-state index contributed by atoms with van der Waals surface area (Å²) in [6.07, 6.45) is 1.42. The Morgan fingerprint density at radius 2 is 1.92 bits per heavy atom. The van der Waals surface area contributed by atoms with Gasteiger partial charge >= 0.3 is 5.76 Å². The van der Waals surface area contributed by atoms with Crippen molar-refractivity contribution in [3.05, 3.63) is 58.7 Å². The van der Waals surface area contributed by atoms with E-state index in [1.807, 2.05) is 0 Å². The number of nitrogens with two attached hydrogens (primary N) is 1. The van der Waals surface area contributed by atoms with Gasteiger partial charge in [0, 0.05) is 22.8 Å². The second-order valence-corrected chi connectivity index (χ2v) is 5.24. The second-order valence-electron chi connectivity index (χ2n) is 5.24. The van der Waals surface area contributed by atoms with Gasteiger partial charge in [0.15, 0.2) is 5.82 Å². The molecule has 4 aromatic rings. The maximum absolute atomic E-state index is 15.1. The molecule has 0 amide bonds. The first-order valence-electron chi connectivity index (χ1n) is 6.96. The first kappa shape index (κ1) is 14.2. The summed E-state index contributed by atoms with van der Waals surface area (Å²) in [5, 5.41) is 3.65. The molecule has 0 unspecified atom stereocenters. The number of rotatable bonds is 2. The Morgan fingerprint density at radius 1 is 1.17 bits per heavy atom. The van der Waals surface area contributed by atoms with E-state index in [1.54, 1.807) is 12.1 Å². The Hall–Kier alpha value is -3.42. The van der Waals surface area contributed by atoms with Crippen LogP contribution in [0.25, 0.3) is 33.4 Å². The maximum Gasteiger partial charge on any atom is 0.439 e. The number of aromatic amines is 2. The maximum atomic E-state index is 15.1. The Kier molecular flexibility index (Phi) is 2.99. The highest BCUT2D eigenvalue weighted by Gasteiger charge is 2.21. The van der Waals surface area contributed by atoms with E-state index in [4.69, 9.17) is 5.73 Å². The highest BCUT2D eigenvalue weighted by atomic mass is 19.1. The number of benzene rings is 2. The van der Waals surface area contributed by atoms with E-state index >= 15 is 4.39 Å². The summed E-state index contributed by atoms with van der Waals surface area (Å²) in [6, 6.07) is 7.38. The fraction of sp³-hybridized carbons (Fsp3) is 0. The molecule has 4 N–H and O–H groups in total. The monoisotopic (exact) mass is 328 g/mol. The lowest BCUT2D eigenvalue weighted by Gasteiger charge is -2.08. The number of halogens is 2. The van der Waals surface area contributed by atoms with E-state index in [1.165, 1.54) is 24.4 Å². The SMILES string of the molecule is Nc1ccc(-c2c(F)cc3[nH]cc(-c4noc(=O)[nH]4)c3c2F)cc1. The molecule has 2 heterocycles. The van der Waals surface area contributed by atoms with Crippen LogP contribution in [0.5, 0.6) is 0 Å². The van der Waals surface area contributed by atoms with Crippen molar-refractivity contribution in [1.29, 1.82) is 0 Å². The first-order valence-corrected chi connectivity index (χ1v) is 6.96. The fourth-order valence-corrected chi connectivity index (χ4v) is 2.67. The van der Waals surface area contributed by atoms with E-state index in [-0.39, 0.29) is 27.9 Å². The third-order valence-electron chi connectivity index (χ3n) is 3.75. The summed E-state index contributed by atoms with van der Waals surface area (Å²) < 4.78 is 33.9. The second kappa shape index (κ2) is 5.05. The van der Waals surface area contributed by atoms with Crippen molar-refractivity contribution >= 4 is 16.6 Å². The van der Waals surface area contributed by atoms with Gasteiger partial charge in [-0.2, -0.15) is 0 Å². The number of nitrogen functional groups attached to an aromatic ring is 1. The highest BCUT2D eigenvalue weighted by Crippen LogP contribution is 2.36. The minimum Gasteiger partial charge on any atom is -0.399 e. The van der Waals surface area contributed by atoms with Gasteiger partial charge in [-0.15, -0.1) is 0 Å². The third kappa shape index (κ3) is 2.08. The van der Waals surface area contributed by atoms with Crippen LogP contribution in [-0.2, 0) is 0 Å². The van der Waals surface area contributed by atoms with Crippen molar-refractivity contribution in [2.75, 3.05) is 5.73 Å².